The minimum absolute atomic E-state index is 0.342. The number of nitrogens with zero attached hydrogens (tertiary/aromatic N) is 2. The average molecular weight is 294 g/mol. The number of hydrogen-bond donors (Lipinski definition) is 2. The number of hydrogen-bond acceptors (Lipinski definition) is 4. The van der Waals surface area contributed by atoms with Crippen molar-refractivity contribution in [2.75, 3.05) is 0 Å². The third-order valence-corrected chi connectivity index (χ3v) is 3.09. The van der Waals surface area contributed by atoms with Crippen molar-refractivity contribution in [3.63, 3.8) is 0 Å². The van der Waals surface area contributed by atoms with Crippen LogP contribution in [-0.2, 0) is 0 Å². The van der Waals surface area contributed by atoms with Gasteiger partial charge < -0.3 is 4.42 Å². The minimum Gasteiger partial charge on any atom is -0.463 e. The number of H-pyrrole nitrogens is 1. The number of furan rings is 1. The van der Waals surface area contributed by atoms with Crippen molar-refractivity contribution in [3.8, 4) is 11.3 Å². The third kappa shape index (κ3) is 2.95. The molecule has 1 amide bonds. The van der Waals surface area contributed by atoms with Crippen LogP contribution in [0.4, 0.5) is 0 Å². The van der Waals surface area contributed by atoms with Gasteiger partial charge in [0, 0.05) is 5.56 Å². The van der Waals surface area contributed by atoms with Crippen molar-refractivity contribution in [1.82, 2.24) is 15.6 Å². The molecule has 2 heterocycles. The molecule has 6 nitrogen and oxygen atoms in total. The number of aromatic amines is 1. The molecule has 0 aliphatic rings. The zero-order valence-corrected chi connectivity index (χ0v) is 11.9. The van der Waals surface area contributed by atoms with Gasteiger partial charge in [0.05, 0.1) is 12.0 Å². The number of hydrazone groups is 1. The molecule has 0 aliphatic carbocycles. The number of nitrogens with one attached hydrogen (secondary N) is 2. The Morgan fingerprint density at radius 1 is 1.23 bits per heavy atom. The van der Waals surface area contributed by atoms with Gasteiger partial charge in [0.2, 0.25) is 0 Å². The largest absolute Gasteiger partial charge is 0.463 e. The van der Waals surface area contributed by atoms with Gasteiger partial charge >= 0.3 is 0 Å². The minimum atomic E-state index is -0.361. The summed E-state index contributed by atoms with van der Waals surface area (Å²) in [5.74, 6) is 0.246. The molecule has 1 aromatic carbocycles. The lowest BCUT2D eigenvalue weighted by Crippen LogP contribution is -2.19. The first-order valence-corrected chi connectivity index (χ1v) is 6.73. The zero-order chi connectivity index (χ0) is 15.4. The Morgan fingerprint density at radius 2 is 2.05 bits per heavy atom. The number of carbonyl (C=O) groups excluding carboxylic acids is 1. The molecule has 0 bridgehead atoms. The lowest BCUT2D eigenvalue weighted by molar-refractivity contribution is 0.0950. The van der Waals surface area contributed by atoms with E-state index in [0.29, 0.717) is 22.9 Å². The van der Waals surface area contributed by atoms with E-state index in [1.54, 1.807) is 31.4 Å². The first-order valence-electron chi connectivity index (χ1n) is 6.73. The fourth-order valence-corrected chi connectivity index (χ4v) is 1.93. The summed E-state index contributed by atoms with van der Waals surface area (Å²) in [6.07, 6.45) is 1.55. The highest BCUT2D eigenvalue weighted by Crippen LogP contribution is 2.16. The maximum Gasteiger partial charge on any atom is 0.289 e. The Bertz CT molecular complexity index is 789. The topological polar surface area (TPSA) is 83.3 Å². The van der Waals surface area contributed by atoms with Crippen LogP contribution in [0.25, 0.3) is 11.3 Å². The van der Waals surface area contributed by atoms with Gasteiger partial charge in [-0.25, -0.2) is 5.43 Å². The van der Waals surface area contributed by atoms with Crippen LogP contribution in [0.15, 0.2) is 64.3 Å². The van der Waals surface area contributed by atoms with Gasteiger partial charge in [-0.05, 0) is 25.1 Å². The molecule has 3 rings (SSSR count). The van der Waals surface area contributed by atoms with E-state index in [4.69, 9.17) is 4.42 Å². The molecule has 0 saturated carbocycles. The van der Waals surface area contributed by atoms with Crippen LogP contribution in [0, 0.1) is 0 Å². The van der Waals surface area contributed by atoms with Crippen molar-refractivity contribution in [3.05, 3.63) is 66.2 Å². The summed E-state index contributed by atoms with van der Waals surface area (Å²) in [5, 5.41) is 10.8. The molecule has 2 N–H and O–H groups in total. The van der Waals surface area contributed by atoms with Crippen molar-refractivity contribution < 1.29 is 9.21 Å². The second kappa shape index (κ2) is 6.09. The predicted octanol–water partition coefficient (Wildman–Crippen LogP) is 2.82. The van der Waals surface area contributed by atoms with Crippen LogP contribution < -0.4 is 5.43 Å². The number of aromatic nitrogens is 2. The second-order valence-corrected chi connectivity index (χ2v) is 4.65. The Morgan fingerprint density at radius 3 is 2.77 bits per heavy atom. The summed E-state index contributed by atoms with van der Waals surface area (Å²) in [6.45, 7) is 1.75. The molecule has 6 heteroatoms. The van der Waals surface area contributed by atoms with Crippen LogP contribution in [0.2, 0.25) is 0 Å². The fraction of sp³-hybridized carbons (Fsp3) is 0.0625. The molecular formula is C16H14N4O2. The summed E-state index contributed by atoms with van der Waals surface area (Å²) in [6, 6.07) is 14.8. The van der Waals surface area contributed by atoms with Gasteiger partial charge in [0.25, 0.3) is 5.91 Å². The molecule has 0 atom stereocenters. The number of rotatable bonds is 4. The summed E-state index contributed by atoms with van der Waals surface area (Å²) >= 11 is 0. The van der Waals surface area contributed by atoms with E-state index in [9.17, 15) is 4.79 Å². The van der Waals surface area contributed by atoms with Gasteiger partial charge in [-0.3, -0.25) is 9.89 Å². The Kier molecular flexibility index (Phi) is 3.82. The molecule has 2 aromatic heterocycles. The van der Waals surface area contributed by atoms with Crippen molar-refractivity contribution in [2.24, 2.45) is 5.10 Å². The third-order valence-electron chi connectivity index (χ3n) is 3.09. The van der Waals surface area contributed by atoms with Gasteiger partial charge in [-0.1, -0.05) is 30.3 Å². The highest BCUT2D eigenvalue weighted by molar-refractivity contribution is 5.98. The van der Waals surface area contributed by atoms with E-state index in [0.717, 1.165) is 5.56 Å². The van der Waals surface area contributed by atoms with Crippen LogP contribution in [0.1, 0.15) is 23.2 Å². The van der Waals surface area contributed by atoms with Crippen LogP contribution >= 0.6 is 0 Å². The lowest BCUT2D eigenvalue weighted by Gasteiger charge is -1.98. The van der Waals surface area contributed by atoms with Crippen LogP contribution in [0.3, 0.4) is 0 Å². The molecule has 3 aromatic rings. The van der Waals surface area contributed by atoms with Crippen LogP contribution in [-0.4, -0.2) is 21.8 Å². The van der Waals surface area contributed by atoms with Gasteiger partial charge in [-0.15, -0.1) is 0 Å². The van der Waals surface area contributed by atoms with E-state index in [1.165, 1.54) is 0 Å². The molecule has 0 fully saturated rings. The van der Waals surface area contributed by atoms with Crippen molar-refractivity contribution in [2.45, 2.75) is 6.92 Å². The van der Waals surface area contributed by atoms with Gasteiger partial charge in [0.1, 0.15) is 17.2 Å². The molecule has 0 spiro atoms. The van der Waals surface area contributed by atoms with Gasteiger partial charge in [-0.2, -0.15) is 10.2 Å². The summed E-state index contributed by atoms with van der Waals surface area (Å²) in [7, 11) is 0. The lowest BCUT2D eigenvalue weighted by atomic mass is 10.1. The molecule has 0 saturated heterocycles. The molecule has 22 heavy (non-hydrogen) atoms. The quantitative estimate of drug-likeness (QED) is 0.573. The monoisotopic (exact) mass is 294 g/mol. The fourth-order valence-electron chi connectivity index (χ4n) is 1.93. The average Bonchev–Trinajstić information content (AvgIpc) is 3.24. The highest BCUT2D eigenvalue weighted by Gasteiger charge is 2.10. The molecular weight excluding hydrogens is 280 g/mol. The first kappa shape index (κ1) is 13.8. The first-order chi connectivity index (χ1) is 10.7. The van der Waals surface area contributed by atoms with Gasteiger partial charge in [0.15, 0.2) is 0 Å². The van der Waals surface area contributed by atoms with Crippen LogP contribution in [0.5, 0.6) is 0 Å². The van der Waals surface area contributed by atoms with E-state index in [-0.39, 0.29) is 5.91 Å². The molecule has 110 valence electrons. The smallest absolute Gasteiger partial charge is 0.289 e. The van der Waals surface area contributed by atoms with E-state index < -0.39 is 0 Å². The standard InChI is InChI=1S/C16H14N4O2/c1-11(15-8-5-9-22-15)17-20-16(21)14-10-13(18-19-14)12-6-3-2-4-7-12/h2-10H,1H3,(H,18,19)(H,20,21)/b17-11-. The number of benzene rings is 1. The highest BCUT2D eigenvalue weighted by atomic mass is 16.3. The number of carbonyl (C=O) groups is 1. The maximum atomic E-state index is 12.0. The summed E-state index contributed by atoms with van der Waals surface area (Å²) in [5.41, 5.74) is 5.04. The van der Waals surface area contributed by atoms with Crippen molar-refractivity contribution in [1.29, 1.82) is 0 Å². The number of amides is 1. The predicted molar refractivity (Wildman–Crippen MR) is 82.4 cm³/mol. The normalized spacial score (nSPS) is 11.4. The Hall–Kier alpha value is -3.15. The summed E-state index contributed by atoms with van der Waals surface area (Å²) < 4.78 is 5.19. The van der Waals surface area contributed by atoms with Crippen molar-refractivity contribution >= 4 is 11.6 Å². The molecule has 0 radical (unpaired) electrons. The zero-order valence-electron chi connectivity index (χ0n) is 11.9. The Labute approximate surface area is 126 Å². The van der Waals surface area contributed by atoms with E-state index >= 15 is 0 Å². The summed E-state index contributed by atoms with van der Waals surface area (Å²) in [4.78, 5) is 12.0. The maximum absolute atomic E-state index is 12.0. The van der Waals surface area contributed by atoms with E-state index in [2.05, 4.69) is 20.7 Å². The molecule has 0 unspecified atom stereocenters. The Balaban J connectivity index is 1.71. The second-order valence-electron chi connectivity index (χ2n) is 4.65. The van der Waals surface area contributed by atoms with E-state index in [1.807, 2.05) is 30.3 Å². The SMILES string of the molecule is C/C(=N/NC(=O)c1cc(-c2ccccc2)n[nH]1)c1ccco1. The molecule has 0 aliphatic heterocycles.